The molecule has 0 fully saturated rings. The molecule has 1 N–H and O–H groups in total. The monoisotopic (exact) mass is 269 g/mol. The topological polar surface area (TPSA) is 23.9 Å². The fourth-order valence-electron chi connectivity index (χ4n) is 0.353. The number of hydrogen-bond acceptors (Lipinski definition) is 1. The van der Waals surface area contributed by atoms with Crippen molar-refractivity contribution < 1.29 is 0 Å². The molecule has 0 radical (unpaired) electrons. The maximum atomic E-state index is 6.89. The number of hydrogen-bond donors (Lipinski definition) is 1. The summed E-state index contributed by atoms with van der Waals surface area (Å²) in [4.78, 5) is 0. The molecule has 0 aromatic heterocycles. The van der Waals surface area contributed by atoms with Crippen molar-refractivity contribution in [2.24, 2.45) is 0 Å². The van der Waals surface area contributed by atoms with Crippen LogP contribution in [0, 0.1) is 5.41 Å². The lowest BCUT2D eigenvalue weighted by Gasteiger charge is -1.88. The molecule has 0 aliphatic rings. The van der Waals surface area contributed by atoms with Crippen LogP contribution < -0.4 is 0 Å². The second-order valence-corrected chi connectivity index (χ2v) is 3.74. The van der Waals surface area contributed by atoms with Gasteiger partial charge in [0.2, 0.25) is 0 Å². The molecule has 0 heterocycles. The highest BCUT2D eigenvalue weighted by atomic mass is 127. The van der Waals surface area contributed by atoms with Crippen LogP contribution in [0.3, 0.4) is 0 Å². The van der Waals surface area contributed by atoms with Crippen molar-refractivity contribution in [3.8, 4) is 0 Å². The second-order valence-electron chi connectivity index (χ2n) is 1.77. The minimum absolute atomic E-state index is 0.407. The summed E-state index contributed by atoms with van der Waals surface area (Å²) in [6.45, 7) is 1.99. The van der Waals surface area contributed by atoms with E-state index in [0.29, 0.717) is 5.88 Å². The van der Waals surface area contributed by atoms with Crippen LogP contribution in [-0.2, 0) is 0 Å². The zero-order chi connectivity index (χ0) is 7.98. The molecule has 10 heavy (non-hydrogen) atoms. The van der Waals surface area contributed by atoms with Crippen LogP contribution in [0.25, 0.3) is 0 Å². The van der Waals surface area contributed by atoms with Gasteiger partial charge >= 0.3 is 0 Å². The van der Waals surface area contributed by atoms with Crippen molar-refractivity contribution in [1.29, 1.82) is 5.41 Å². The third kappa shape index (κ3) is 4.99. The fourth-order valence-corrected chi connectivity index (χ4v) is 0.699. The van der Waals surface area contributed by atoms with E-state index in [1.807, 2.05) is 19.1 Å². The minimum atomic E-state index is 0.407. The second kappa shape index (κ2) is 5.92. The van der Waals surface area contributed by atoms with Crippen molar-refractivity contribution in [1.82, 2.24) is 0 Å². The lowest BCUT2D eigenvalue weighted by molar-refractivity contribution is 1.50. The highest BCUT2D eigenvalue weighted by Crippen LogP contribution is 2.04. The predicted molar refractivity (Wildman–Crippen MR) is 55.4 cm³/mol. The standard InChI is InChI=1S/C7H9ClIN/c1-6(9)2-3-7(4-8)5-10/h2-3,5,10H,4H2,1H3/b6-2+,7-3-,10-5?. The van der Waals surface area contributed by atoms with Gasteiger partial charge in [0, 0.05) is 12.1 Å². The smallest absolute Gasteiger partial charge is 0.0489 e. The Bertz CT molecular complexity index is 168. The first kappa shape index (κ1) is 10.2. The van der Waals surface area contributed by atoms with Crippen LogP contribution in [0.15, 0.2) is 21.3 Å². The summed E-state index contributed by atoms with van der Waals surface area (Å²) in [5, 5.41) is 6.89. The number of halogens is 2. The summed E-state index contributed by atoms with van der Waals surface area (Å²) in [6.07, 6.45) is 5.05. The van der Waals surface area contributed by atoms with Gasteiger partial charge in [-0.25, -0.2) is 0 Å². The third-order valence-electron chi connectivity index (χ3n) is 0.867. The van der Waals surface area contributed by atoms with Gasteiger partial charge in [-0.1, -0.05) is 12.2 Å². The zero-order valence-corrected chi connectivity index (χ0v) is 8.61. The van der Waals surface area contributed by atoms with E-state index in [4.69, 9.17) is 17.0 Å². The third-order valence-corrected chi connectivity index (χ3v) is 1.53. The molecule has 1 nitrogen and oxygen atoms in total. The van der Waals surface area contributed by atoms with E-state index in [2.05, 4.69) is 22.6 Å². The van der Waals surface area contributed by atoms with Gasteiger partial charge in [0.05, 0.1) is 0 Å². The Morgan fingerprint density at radius 2 is 2.20 bits per heavy atom. The average molecular weight is 270 g/mol. The van der Waals surface area contributed by atoms with E-state index in [0.717, 1.165) is 5.57 Å². The molecule has 0 spiro atoms. The minimum Gasteiger partial charge on any atom is -0.308 e. The first-order chi connectivity index (χ1) is 4.70. The summed E-state index contributed by atoms with van der Waals surface area (Å²) in [5.74, 6) is 0.407. The predicted octanol–water partition coefficient (Wildman–Crippen LogP) is 3.14. The molecule has 0 bridgehead atoms. The van der Waals surface area contributed by atoms with E-state index in [1.165, 1.54) is 9.79 Å². The van der Waals surface area contributed by atoms with Gasteiger partial charge in [0.25, 0.3) is 0 Å². The normalized spacial score (nSPS) is 13.5. The maximum absolute atomic E-state index is 6.89. The number of alkyl halides is 1. The van der Waals surface area contributed by atoms with Gasteiger partial charge in [0.1, 0.15) is 0 Å². The van der Waals surface area contributed by atoms with Crippen molar-refractivity contribution in [2.75, 3.05) is 5.88 Å². The van der Waals surface area contributed by atoms with Crippen molar-refractivity contribution in [2.45, 2.75) is 6.92 Å². The van der Waals surface area contributed by atoms with E-state index in [-0.39, 0.29) is 0 Å². The average Bonchev–Trinajstić information content (AvgIpc) is 1.90. The lowest BCUT2D eigenvalue weighted by atomic mass is 10.3. The molecular formula is C7H9ClIN. The van der Waals surface area contributed by atoms with Crippen LogP contribution in [0.5, 0.6) is 0 Å². The van der Waals surface area contributed by atoms with Crippen LogP contribution in [0.4, 0.5) is 0 Å². The Kier molecular flexibility index (Phi) is 6.02. The Labute approximate surface area is 79.8 Å². The number of rotatable bonds is 3. The first-order valence-electron chi connectivity index (χ1n) is 2.80. The highest BCUT2D eigenvalue weighted by Gasteiger charge is 1.85. The van der Waals surface area contributed by atoms with Gasteiger partial charge in [-0.05, 0) is 38.7 Å². The largest absolute Gasteiger partial charge is 0.308 e. The summed E-state index contributed by atoms with van der Waals surface area (Å²) in [6, 6.07) is 0. The SMILES string of the molecule is C/C(I)=C\C=C(/C=N)CCl. The summed E-state index contributed by atoms with van der Waals surface area (Å²) in [7, 11) is 0. The molecule has 0 aliphatic heterocycles. The first-order valence-corrected chi connectivity index (χ1v) is 4.41. The van der Waals surface area contributed by atoms with Gasteiger partial charge in [0.15, 0.2) is 0 Å². The Morgan fingerprint density at radius 3 is 2.50 bits per heavy atom. The molecular weight excluding hydrogens is 260 g/mol. The van der Waals surface area contributed by atoms with Crippen LogP contribution in [0.2, 0.25) is 0 Å². The van der Waals surface area contributed by atoms with Gasteiger partial charge in [-0.15, -0.1) is 11.6 Å². The molecule has 0 rings (SSSR count). The van der Waals surface area contributed by atoms with Crippen LogP contribution >= 0.6 is 34.2 Å². The van der Waals surface area contributed by atoms with Crippen molar-refractivity contribution in [3.63, 3.8) is 0 Å². The van der Waals surface area contributed by atoms with Crippen molar-refractivity contribution in [3.05, 3.63) is 21.3 Å². The van der Waals surface area contributed by atoms with Gasteiger partial charge in [-0.2, -0.15) is 0 Å². The molecule has 0 atom stereocenters. The van der Waals surface area contributed by atoms with E-state index in [9.17, 15) is 0 Å². The molecule has 3 heteroatoms. The van der Waals surface area contributed by atoms with Crippen LogP contribution in [-0.4, -0.2) is 12.1 Å². The Balaban J connectivity index is 4.12. The molecule has 56 valence electrons. The quantitative estimate of drug-likeness (QED) is 0.352. The van der Waals surface area contributed by atoms with Gasteiger partial charge in [-0.3, -0.25) is 0 Å². The summed E-state index contributed by atoms with van der Waals surface area (Å²) < 4.78 is 1.18. The molecule has 0 aromatic carbocycles. The molecule has 0 saturated carbocycles. The van der Waals surface area contributed by atoms with E-state index >= 15 is 0 Å². The number of allylic oxidation sites excluding steroid dienone is 4. The molecule has 0 aliphatic carbocycles. The molecule has 0 unspecified atom stereocenters. The zero-order valence-electron chi connectivity index (χ0n) is 5.70. The van der Waals surface area contributed by atoms with Crippen LogP contribution in [0.1, 0.15) is 6.92 Å². The van der Waals surface area contributed by atoms with Gasteiger partial charge < -0.3 is 5.41 Å². The fraction of sp³-hybridized carbons (Fsp3) is 0.286. The highest BCUT2D eigenvalue weighted by molar-refractivity contribution is 14.1. The maximum Gasteiger partial charge on any atom is 0.0489 e. The Hall–Kier alpha value is 0.170. The molecule has 0 saturated heterocycles. The Morgan fingerprint density at radius 1 is 1.60 bits per heavy atom. The number of nitrogens with one attached hydrogen (secondary N) is 1. The van der Waals surface area contributed by atoms with E-state index < -0.39 is 0 Å². The molecule has 0 aromatic rings. The van der Waals surface area contributed by atoms with E-state index in [1.54, 1.807) is 0 Å². The molecule has 0 amide bonds. The summed E-state index contributed by atoms with van der Waals surface area (Å²) in [5.41, 5.74) is 0.831. The summed E-state index contributed by atoms with van der Waals surface area (Å²) >= 11 is 7.71. The lowest BCUT2D eigenvalue weighted by Crippen LogP contribution is -1.82. The van der Waals surface area contributed by atoms with Crippen molar-refractivity contribution >= 4 is 40.4 Å².